The van der Waals surface area contributed by atoms with Crippen molar-refractivity contribution in [1.29, 1.82) is 0 Å². The highest BCUT2D eigenvalue weighted by Crippen LogP contribution is 2.40. The highest BCUT2D eigenvalue weighted by molar-refractivity contribution is 5.94. The smallest absolute Gasteiger partial charge is 0.338 e. The monoisotopic (exact) mass is 336 g/mol. The van der Waals surface area contributed by atoms with E-state index >= 15 is 0 Å². The fourth-order valence-electron chi connectivity index (χ4n) is 3.62. The molecule has 1 saturated heterocycles. The zero-order valence-electron chi connectivity index (χ0n) is 13.4. The lowest BCUT2D eigenvalue weighted by molar-refractivity contribution is -0.147. The lowest BCUT2D eigenvalue weighted by Crippen LogP contribution is -2.31. The minimum absolute atomic E-state index is 0.0848. The topological polar surface area (TPSA) is 99.1 Å². The van der Waals surface area contributed by atoms with Crippen molar-refractivity contribution in [1.82, 2.24) is 0 Å². The molecule has 7 nitrogen and oxygen atoms in total. The lowest BCUT2D eigenvalue weighted by atomic mass is 9.83. The van der Waals surface area contributed by atoms with Gasteiger partial charge in [0.15, 0.2) is 0 Å². The van der Waals surface area contributed by atoms with Gasteiger partial charge in [-0.05, 0) is 31.3 Å². The number of fused-ring (bicyclic) bond motifs is 3. The van der Waals surface area contributed by atoms with Crippen molar-refractivity contribution in [2.75, 3.05) is 6.61 Å². The first-order chi connectivity index (χ1) is 11.4. The van der Waals surface area contributed by atoms with E-state index in [1.807, 2.05) is 0 Å². The number of hydrogen-bond donors (Lipinski definition) is 1. The van der Waals surface area contributed by atoms with E-state index in [9.17, 15) is 19.5 Å². The van der Waals surface area contributed by atoms with Gasteiger partial charge in [0.2, 0.25) is 0 Å². The molecule has 0 saturated carbocycles. The van der Waals surface area contributed by atoms with Gasteiger partial charge in [-0.3, -0.25) is 4.79 Å². The van der Waals surface area contributed by atoms with E-state index in [4.69, 9.17) is 14.2 Å². The third-order valence-electron chi connectivity index (χ3n) is 4.82. The molecule has 7 heteroatoms. The van der Waals surface area contributed by atoms with Crippen LogP contribution in [0.2, 0.25) is 0 Å². The van der Waals surface area contributed by atoms with Crippen LogP contribution in [0.4, 0.5) is 0 Å². The summed E-state index contributed by atoms with van der Waals surface area (Å²) >= 11 is 0. The summed E-state index contributed by atoms with van der Waals surface area (Å²) in [7, 11) is 0. The summed E-state index contributed by atoms with van der Waals surface area (Å²) in [5.74, 6) is -2.17. The lowest BCUT2D eigenvalue weighted by Gasteiger charge is -2.26. The number of hydrogen-bond acceptors (Lipinski definition) is 7. The molecule has 0 aromatic rings. The first-order valence-electron chi connectivity index (χ1n) is 8.01. The highest BCUT2D eigenvalue weighted by Gasteiger charge is 2.48. The summed E-state index contributed by atoms with van der Waals surface area (Å²) in [5, 5.41) is 9.61. The molecule has 0 aromatic heterocycles. The fourth-order valence-corrected chi connectivity index (χ4v) is 3.62. The molecule has 3 aliphatic rings. The van der Waals surface area contributed by atoms with E-state index in [0.717, 1.165) is 0 Å². The van der Waals surface area contributed by atoms with Crippen molar-refractivity contribution >= 4 is 17.9 Å². The number of carbonyl (C=O) groups is 3. The molecule has 0 aromatic carbocycles. The van der Waals surface area contributed by atoms with Gasteiger partial charge < -0.3 is 19.3 Å². The zero-order valence-corrected chi connectivity index (χ0v) is 13.4. The molecule has 3 rings (SSSR count). The molecular formula is C17H20O7. The third-order valence-corrected chi connectivity index (χ3v) is 4.82. The van der Waals surface area contributed by atoms with E-state index in [0.29, 0.717) is 19.3 Å². The minimum atomic E-state index is -0.711. The van der Waals surface area contributed by atoms with Crippen LogP contribution in [0.1, 0.15) is 26.2 Å². The first kappa shape index (κ1) is 16.7. The summed E-state index contributed by atoms with van der Waals surface area (Å²) in [6, 6.07) is 0. The normalized spacial score (nSPS) is 35.7. The van der Waals surface area contributed by atoms with Gasteiger partial charge in [-0.25, -0.2) is 9.59 Å². The Labute approximate surface area is 139 Å². The van der Waals surface area contributed by atoms with Crippen LogP contribution < -0.4 is 0 Å². The van der Waals surface area contributed by atoms with Crippen molar-refractivity contribution in [3.05, 3.63) is 23.8 Å². The largest absolute Gasteiger partial charge is 0.458 e. The van der Waals surface area contributed by atoms with Crippen molar-refractivity contribution in [2.45, 2.75) is 44.5 Å². The van der Waals surface area contributed by atoms with Crippen LogP contribution in [-0.4, -0.2) is 47.9 Å². The summed E-state index contributed by atoms with van der Waals surface area (Å²) < 4.78 is 16.0. The number of ether oxygens (including phenoxy) is 3. The second-order valence-electron chi connectivity index (χ2n) is 6.45. The van der Waals surface area contributed by atoms with Gasteiger partial charge in [0.25, 0.3) is 0 Å². The van der Waals surface area contributed by atoms with E-state index < -0.39 is 42.1 Å². The molecule has 1 N–H and O–H groups in total. The second kappa shape index (κ2) is 6.39. The van der Waals surface area contributed by atoms with Crippen molar-refractivity contribution in [2.24, 2.45) is 11.8 Å². The summed E-state index contributed by atoms with van der Waals surface area (Å²) in [5.41, 5.74) is 0.538. The van der Waals surface area contributed by atoms with Crippen LogP contribution in [0.3, 0.4) is 0 Å². The fraction of sp³-hybridized carbons (Fsp3) is 0.588. The van der Waals surface area contributed by atoms with Crippen LogP contribution >= 0.6 is 0 Å². The van der Waals surface area contributed by atoms with Gasteiger partial charge in [-0.15, -0.1) is 0 Å². The van der Waals surface area contributed by atoms with Gasteiger partial charge in [0.05, 0.1) is 11.5 Å². The molecule has 1 unspecified atom stereocenters. The van der Waals surface area contributed by atoms with E-state index in [-0.39, 0.29) is 23.7 Å². The van der Waals surface area contributed by atoms with Crippen LogP contribution in [0.25, 0.3) is 0 Å². The maximum Gasteiger partial charge on any atom is 0.338 e. The van der Waals surface area contributed by atoms with Gasteiger partial charge in [-0.1, -0.05) is 6.58 Å². The quantitative estimate of drug-likeness (QED) is 0.449. The second-order valence-corrected chi connectivity index (χ2v) is 6.45. The maximum absolute atomic E-state index is 12.2. The number of aliphatic hydroxyl groups excluding tert-OH is 1. The number of carbonyl (C=O) groups excluding carboxylic acids is 3. The molecule has 0 spiro atoms. The summed E-state index contributed by atoms with van der Waals surface area (Å²) in [6.45, 7) is 4.96. The van der Waals surface area contributed by atoms with Gasteiger partial charge in [0, 0.05) is 19.1 Å². The standard InChI is InChI=1S/C17H20O7/c1-8-15-13(23-16(8)20)5-10(7-18)3-4-12(22-9(2)19)11-6-14(15)24-17(11)21/h6,10,12-15,18H,1,3-5,7H2,2H3/t10?,12-,13+,14+,15-/m0/s1. The van der Waals surface area contributed by atoms with Crippen LogP contribution in [0.5, 0.6) is 0 Å². The molecular weight excluding hydrogens is 316 g/mol. The number of aliphatic hydroxyl groups is 1. The highest BCUT2D eigenvalue weighted by atomic mass is 16.6. The predicted molar refractivity (Wildman–Crippen MR) is 80.5 cm³/mol. The van der Waals surface area contributed by atoms with Crippen molar-refractivity contribution < 1.29 is 33.7 Å². The first-order valence-corrected chi connectivity index (χ1v) is 8.01. The van der Waals surface area contributed by atoms with Crippen LogP contribution in [-0.2, 0) is 28.6 Å². The summed E-state index contributed by atoms with van der Waals surface area (Å²) in [4.78, 5) is 35.4. The molecule has 2 heterocycles. The van der Waals surface area contributed by atoms with Crippen molar-refractivity contribution in [3.8, 4) is 0 Å². The number of rotatable bonds is 2. The molecule has 1 fully saturated rings. The average molecular weight is 336 g/mol. The number of esters is 3. The molecule has 5 atom stereocenters. The molecule has 24 heavy (non-hydrogen) atoms. The molecule has 0 amide bonds. The van der Waals surface area contributed by atoms with Gasteiger partial charge in [0.1, 0.15) is 18.3 Å². The average Bonchev–Trinajstić information content (AvgIpc) is 3.01. The van der Waals surface area contributed by atoms with Crippen LogP contribution in [0.15, 0.2) is 23.8 Å². The molecule has 1 aliphatic carbocycles. The van der Waals surface area contributed by atoms with Crippen LogP contribution in [0, 0.1) is 11.8 Å². The summed E-state index contributed by atoms with van der Waals surface area (Å²) in [6.07, 6.45) is 1.10. The van der Waals surface area contributed by atoms with Crippen molar-refractivity contribution in [3.63, 3.8) is 0 Å². The van der Waals surface area contributed by atoms with Gasteiger partial charge >= 0.3 is 17.9 Å². The Bertz CT molecular complexity index is 620. The van der Waals surface area contributed by atoms with Gasteiger partial charge in [-0.2, -0.15) is 0 Å². The SMILES string of the molecule is C=C1C(=O)O[C@@H]2CC(CO)CC[C@H](OC(C)=O)C3=C[C@@H](OC3=O)[C@@H]12. The Morgan fingerprint density at radius 3 is 2.75 bits per heavy atom. The van der Waals surface area contributed by atoms with E-state index in [1.54, 1.807) is 6.08 Å². The minimum Gasteiger partial charge on any atom is -0.458 e. The predicted octanol–water partition coefficient (Wildman–Crippen LogP) is 0.660. The molecule has 130 valence electrons. The Morgan fingerprint density at radius 2 is 2.08 bits per heavy atom. The molecule has 0 radical (unpaired) electrons. The molecule has 2 bridgehead atoms. The maximum atomic E-state index is 12.2. The Balaban J connectivity index is 1.96. The van der Waals surface area contributed by atoms with E-state index in [2.05, 4.69) is 6.58 Å². The molecule has 2 aliphatic heterocycles. The third kappa shape index (κ3) is 2.96. The Morgan fingerprint density at radius 1 is 1.33 bits per heavy atom. The van der Waals surface area contributed by atoms with E-state index in [1.165, 1.54) is 6.92 Å². The Hall–Kier alpha value is -2.15. The zero-order chi connectivity index (χ0) is 17.4. The Kier molecular flexibility index (Phi) is 4.45.